The van der Waals surface area contributed by atoms with Crippen molar-refractivity contribution >= 4 is 22.4 Å². The SMILES string of the molecule is Cc1nn(C)c(C)c1S(=O)(=O)N1CCCC(N)C1.Cl. The van der Waals surface area contributed by atoms with Gasteiger partial charge in [0.15, 0.2) is 0 Å². The Morgan fingerprint density at radius 1 is 1.37 bits per heavy atom. The van der Waals surface area contributed by atoms with E-state index in [1.807, 2.05) is 0 Å². The average molecular weight is 309 g/mol. The second-order valence-corrected chi connectivity index (χ2v) is 6.76. The molecule has 1 unspecified atom stereocenters. The normalized spacial score (nSPS) is 21.2. The fourth-order valence-corrected chi connectivity index (χ4v) is 4.38. The third kappa shape index (κ3) is 2.94. The fourth-order valence-electron chi connectivity index (χ4n) is 2.45. The van der Waals surface area contributed by atoms with Crippen molar-refractivity contribution in [1.29, 1.82) is 0 Å². The van der Waals surface area contributed by atoms with Crippen LogP contribution in [0.15, 0.2) is 4.90 Å². The molecular weight excluding hydrogens is 288 g/mol. The number of hydrogen-bond acceptors (Lipinski definition) is 4. The molecule has 0 spiro atoms. The summed E-state index contributed by atoms with van der Waals surface area (Å²) >= 11 is 0. The predicted octanol–water partition coefficient (Wildman–Crippen LogP) is 0.571. The van der Waals surface area contributed by atoms with Crippen LogP contribution in [0.4, 0.5) is 0 Å². The second kappa shape index (κ2) is 5.78. The van der Waals surface area contributed by atoms with Crippen molar-refractivity contribution in [2.75, 3.05) is 13.1 Å². The molecule has 2 rings (SSSR count). The van der Waals surface area contributed by atoms with Crippen molar-refractivity contribution in [2.24, 2.45) is 12.8 Å². The van der Waals surface area contributed by atoms with Crippen molar-refractivity contribution < 1.29 is 8.42 Å². The summed E-state index contributed by atoms with van der Waals surface area (Å²) in [7, 11) is -1.71. The summed E-state index contributed by atoms with van der Waals surface area (Å²) in [6.45, 7) is 4.44. The number of rotatable bonds is 2. The second-order valence-electron chi connectivity index (χ2n) is 4.89. The summed E-state index contributed by atoms with van der Waals surface area (Å²) in [5.41, 5.74) is 7.08. The lowest BCUT2D eigenvalue weighted by Gasteiger charge is -2.29. The van der Waals surface area contributed by atoms with Crippen LogP contribution >= 0.6 is 12.4 Å². The molecule has 0 amide bonds. The van der Waals surface area contributed by atoms with Gasteiger partial charge in [0.05, 0.1) is 11.4 Å². The molecule has 19 heavy (non-hydrogen) atoms. The third-order valence-corrected chi connectivity index (χ3v) is 5.58. The summed E-state index contributed by atoms with van der Waals surface area (Å²) in [6.07, 6.45) is 1.70. The predicted molar refractivity (Wildman–Crippen MR) is 75.9 cm³/mol. The van der Waals surface area contributed by atoms with Crippen molar-refractivity contribution in [3.63, 3.8) is 0 Å². The van der Waals surface area contributed by atoms with Crippen molar-refractivity contribution in [2.45, 2.75) is 37.6 Å². The molecule has 110 valence electrons. The van der Waals surface area contributed by atoms with Crippen LogP contribution in [0, 0.1) is 13.8 Å². The first-order valence-corrected chi connectivity index (χ1v) is 7.54. The van der Waals surface area contributed by atoms with Crippen LogP contribution in [-0.4, -0.2) is 41.6 Å². The standard InChI is InChI=1S/C11H20N4O2S.ClH/c1-8-11(9(2)14(3)13-8)18(16,17)15-6-4-5-10(12)7-15;/h10H,4-7,12H2,1-3H3;1H. The number of hydrogen-bond donors (Lipinski definition) is 1. The Morgan fingerprint density at radius 2 is 2.00 bits per heavy atom. The maximum absolute atomic E-state index is 12.6. The molecule has 1 atom stereocenters. The number of piperidine rings is 1. The minimum atomic E-state index is -3.47. The summed E-state index contributed by atoms with van der Waals surface area (Å²) in [4.78, 5) is 0.333. The van der Waals surface area contributed by atoms with Crippen LogP contribution < -0.4 is 5.73 Å². The van der Waals surface area contributed by atoms with Crippen LogP contribution in [0.2, 0.25) is 0 Å². The van der Waals surface area contributed by atoms with E-state index in [1.54, 1.807) is 25.6 Å². The van der Waals surface area contributed by atoms with Gasteiger partial charge < -0.3 is 5.73 Å². The van der Waals surface area contributed by atoms with E-state index in [1.165, 1.54) is 4.31 Å². The topological polar surface area (TPSA) is 81.2 Å². The Balaban J connectivity index is 0.00000180. The zero-order valence-corrected chi connectivity index (χ0v) is 13.1. The van der Waals surface area contributed by atoms with E-state index in [4.69, 9.17) is 5.73 Å². The molecule has 1 aromatic rings. The van der Waals surface area contributed by atoms with Gasteiger partial charge in [-0.15, -0.1) is 12.4 Å². The van der Waals surface area contributed by atoms with Gasteiger partial charge in [0.1, 0.15) is 4.90 Å². The number of sulfonamides is 1. The van der Waals surface area contributed by atoms with Crippen LogP contribution in [0.1, 0.15) is 24.2 Å². The largest absolute Gasteiger partial charge is 0.327 e. The number of nitrogens with two attached hydrogens (primary N) is 1. The van der Waals surface area contributed by atoms with Crippen molar-refractivity contribution in [1.82, 2.24) is 14.1 Å². The zero-order valence-electron chi connectivity index (χ0n) is 11.5. The smallest absolute Gasteiger partial charge is 0.246 e. The molecule has 6 nitrogen and oxygen atoms in total. The molecular formula is C11H21ClN4O2S. The molecule has 8 heteroatoms. The van der Waals surface area contributed by atoms with E-state index in [-0.39, 0.29) is 18.4 Å². The van der Waals surface area contributed by atoms with Gasteiger partial charge in [-0.3, -0.25) is 4.68 Å². The van der Waals surface area contributed by atoms with E-state index in [0.717, 1.165) is 12.8 Å². The number of aromatic nitrogens is 2. The Hall–Kier alpha value is -0.630. The lowest BCUT2D eigenvalue weighted by molar-refractivity contribution is 0.316. The highest BCUT2D eigenvalue weighted by atomic mass is 35.5. The summed E-state index contributed by atoms with van der Waals surface area (Å²) in [6, 6.07) is -0.0641. The molecule has 0 aliphatic carbocycles. The first kappa shape index (κ1) is 16.4. The molecule has 0 radical (unpaired) electrons. The van der Waals surface area contributed by atoms with Gasteiger partial charge in [0, 0.05) is 26.2 Å². The molecule has 1 aromatic heterocycles. The fraction of sp³-hybridized carbons (Fsp3) is 0.727. The maximum Gasteiger partial charge on any atom is 0.246 e. The van der Waals surface area contributed by atoms with Gasteiger partial charge in [-0.1, -0.05) is 0 Å². The van der Waals surface area contributed by atoms with Gasteiger partial charge in [0.2, 0.25) is 10.0 Å². The Kier molecular flexibility index (Phi) is 5.00. The molecule has 1 saturated heterocycles. The van der Waals surface area contributed by atoms with E-state index >= 15 is 0 Å². The van der Waals surface area contributed by atoms with E-state index in [9.17, 15) is 8.42 Å². The van der Waals surface area contributed by atoms with Crippen LogP contribution in [-0.2, 0) is 17.1 Å². The van der Waals surface area contributed by atoms with Crippen LogP contribution in [0.5, 0.6) is 0 Å². The number of nitrogens with zero attached hydrogens (tertiary/aromatic N) is 3. The Labute approximate surface area is 120 Å². The molecule has 1 aliphatic rings. The van der Waals surface area contributed by atoms with E-state index in [2.05, 4.69) is 5.10 Å². The monoisotopic (exact) mass is 308 g/mol. The summed E-state index contributed by atoms with van der Waals surface area (Å²) in [5, 5.41) is 4.17. The van der Waals surface area contributed by atoms with Crippen LogP contribution in [0.3, 0.4) is 0 Å². The summed E-state index contributed by atoms with van der Waals surface area (Å²) < 4.78 is 28.3. The number of aryl methyl sites for hydroxylation is 2. The van der Waals surface area contributed by atoms with Crippen molar-refractivity contribution in [3.8, 4) is 0 Å². The van der Waals surface area contributed by atoms with Gasteiger partial charge in [-0.05, 0) is 26.7 Å². The summed E-state index contributed by atoms with van der Waals surface area (Å²) in [5.74, 6) is 0. The molecule has 2 N–H and O–H groups in total. The van der Waals surface area contributed by atoms with E-state index in [0.29, 0.717) is 29.4 Å². The molecule has 0 saturated carbocycles. The highest BCUT2D eigenvalue weighted by Gasteiger charge is 2.33. The van der Waals surface area contributed by atoms with Gasteiger partial charge in [-0.2, -0.15) is 9.40 Å². The van der Waals surface area contributed by atoms with Gasteiger partial charge >= 0.3 is 0 Å². The minimum Gasteiger partial charge on any atom is -0.327 e. The molecule has 0 bridgehead atoms. The lowest BCUT2D eigenvalue weighted by atomic mass is 10.1. The van der Waals surface area contributed by atoms with Crippen LogP contribution in [0.25, 0.3) is 0 Å². The highest BCUT2D eigenvalue weighted by Crippen LogP contribution is 2.25. The number of halogens is 1. The van der Waals surface area contributed by atoms with Crippen molar-refractivity contribution in [3.05, 3.63) is 11.4 Å². The van der Waals surface area contributed by atoms with Gasteiger partial charge in [0.25, 0.3) is 0 Å². The molecule has 1 fully saturated rings. The Bertz CT molecular complexity index is 555. The maximum atomic E-state index is 12.6. The molecule has 0 aromatic carbocycles. The molecule has 1 aliphatic heterocycles. The van der Waals surface area contributed by atoms with Gasteiger partial charge in [-0.25, -0.2) is 8.42 Å². The lowest BCUT2D eigenvalue weighted by Crippen LogP contribution is -2.45. The first-order valence-electron chi connectivity index (χ1n) is 6.10. The quantitative estimate of drug-likeness (QED) is 0.866. The minimum absolute atomic E-state index is 0. The average Bonchev–Trinajstić information content (AvgIpc) is 2.53. The highest BCUT2D eigenvalue weighted by molar-refractivity contribution is 7.89. The van der Waals surface area contributed by atoms with E-state index < -0.39 is 10.0 Å². The Morgan fingerprint density at radius 3 is 2.47 bits per heavy atom. The zero-order chi connectivity index (χ0) is 13.5. The molecule has 2 heterocycles. The third-order valence-electron chi connectivity index (χ3n) is 3.46. The first-order chi connectivity index (χ1) is 8.34.